The summed E-state index contributed by atoms with van der Waals surface area (Å²) in [6.07, 6.45) is -4.52. The van der Waals surface area contributed by atoms with Gasteiger partial charge in [-0.05, 0) is 66.7 Å². The van der Waals surface area contributed by atoms with Gasteiger partial charge in [-0.3, -0.25) is 0 Å². The zero-order valence-corrected chi connectivity index (χ0v) is 15.6. The lowest BCUT2D eigenvalue weighted by atomic mass is 9.89. The van der Waals surface area contributed by atoms with Gasteiger partial charge in [-0.25, -0.2) is 9.11 Å². The first-order valence-corrected chi connectivity index (χ1v) is 9.37. The van der Waals surface area contributed by atoms with Crippen molar-refractivity contribution in [3.05, 3.63) is 58.9 Å². The van der Waals surface area contributed by atoms with E-state index in [0.717, 1.165) is 23.4 Å². The van der Waals surface area contributed by atoms with Crippen LogP contribution in [0, 0.1) is 12.7 Å². The van der Waals surface area contributed by atoms with Gasteiger partial charge >= 0.3 is 6.18 Å². The van der Waals surface area contributed by atoms with Crippen molar-refractivity contribution in [3.63, 3.8) is 0 Å². The molecule has 146 valence electrons. The average molecular weight is 399 g/mol. The molecule has 2 aromatic carbocycles. The fourth-order valence-electron chi connectivity index (χ4n) is 3.20. The van der Waals surface area contributed by atoms with Crippen molar-refractivity contribution < 1.29 is 17.6 Å². The van der Waals surface area contributed by atoms with Crippen LogP contribution >= 0.6 is 11.9 Å². The van der Waals surface area contributed by atoms with Gasteiger partial charge in [0.25, 0.3) is 0 Å². The highest BCUT2D eigenvalue weighted by Gasteiger charge is 2.36. The van der Waals surface area contributed by atoms with Crippen LogP contribution in [0.3, 0.4) is 0 Å². The van der Waals surface area contributed by atoms with E-state index < -0.39 is 12.6 Å². The average Bonchev–Trinajstić information content (AvgIpc) is 3.07. The summed E-state index contributed by atoms with van der Waals surface area (Å²) in [6.45, 7) is 3.21. The van der Waals surface area contributed by atoms with E-state index in [1.54, 1.807) is 25.1 Å². The number of nitrogen functional groups attached to an aromatic ring is 1. The predicted octanol–water partition coefficient (Wildman–Crippen LogP) is 4.31. The smallest absolute Gasteiger partial charge is 0.393 e. The van der Waals surface area contributed by atoms with Crippen LogP contribution < -0.4 is 15.8 Å². The molecule has 1 fully saturated rings. The summed E-state index contributed by atoms with van der Waals surface area (Å²) in [6, 6.07) is 9.64. The van der Waals surface area contributed by atoms with Gasteiger partial charge in [0.15, 0.2) is 0 Å². The van der Waals surface area contributed by atoms with E-state index in [9.17, 15) is 17.6 Å². The molecule has 1 aliphatic heterocycles. The van der Waals surface area contributed by atoms with Crippen LogP contribution in [0.5, 0.6) is 0 Å². The minimum absolute atomic E-state index is 0.0678. The molecular formula is C19H21F4N3S. The monoisotopic (exact) mass is 399 g/mol. The third-order valence-corrected chi connectivity index (χ3v) is 5.72. The standard InChI is InChI=1S/C19H21F4N3S/c1-12-8-14(3-5-16(12)20)18(6-7-25-11-18)26-27-15-4-2-13(17(24)9-15)10-19(21,22)23/h2-5,8-9,25-26H,6-7,10-11,24H2,1H3. The molecule has 3 rings (SSSR count). The third-order valence-electron chi connectivity index (χ3n) is 4.74. The lowest BCUT2D eigenvalue weighted by Gasteiger charge is -2.30. The first-order chi connectivity index (χ1) is 12.7. The Morgan fingerprint density at radius 2 is 2.00 bits per heavy atom. The normalized spacial score (nSPS) is 20.2. The van der Waals surface area contributed by atoms with Crippen molar-refractivity contribution >= 4 is 17.6 Å². The minimum atomic E-state index is -4.29. The summed E-state index contributed by atoms with van der Waals surface area (Å²) in [7, 11) is 0. The van der Waals surface area contributed by atoms with Gasteiger partial charge in [0.1, 0.15) is 5.82 Å². The van der Waals surface area contributed by atoms with Gasteiger partial charge in [0.2, 0.25) is 0 Å². The molecule has 3 nitrogen and oxygen atoms in total. The van der Waals surface area contributed by atoms with Gasteiger partial charge in [-0.1, -0.05) is 18.2 Å². The summed E-state index contributed by atoms with van der Waals surface area (Å²) >= 11 is 1.32. The largest absolute Gasteiger partial charge is 0.398 e. The number of alkyl halides is 3. The van der Waals surface area contributed by atoms with Crippen LogP contribution in [0.2, 0.25) is 0 Å². The summed E-state index contributed by atoms with van der Waals surface area (Å²) < 4.78 is 54.7. The first-order valence-electron chi connectivity index (χ1n) is 8.55. The number of benzene rings is 2. The molecule has 1 heterocycles. The van der Waals surface area contributed by atoms with Gasteiger partial charge in [0.05, 0.1) is 12.0 Å². The van der Waals surface area contributed by atoms with Crippen molar-refractivity contribution in [2.75, 3.05) is 18.8 Å². The van der Waals surface area contributed by atoms with E-state index in [1.165, 1.54) is 24.1 Å². The highest BCUT2D eigenvalue weighted by molar-refractivity contribution is 7.97. The fourth-order valence-corrected chi connectivity index (χ4v) is 4.12. The van der Waals surface area contributed by atoms with Crippen molar-refractivity contribution in [3.8, 4) is 0 Å². The molecule has 1 unspecified atom stereocenters. The van der Waals surface area contributed by atoms with Crippen LogP contribution in [0.25, 0.3) is 0 Å². The number of aryl methyl sites for hydroxylation is 1. The summed E-state index contributed by atoms with van der Waals surface area (Å²) in [5, 5.41) is 3.31. The lowest BCUT2D eigenvalue weighted by Crippen LogP contribution is -2.40. The van der Waals surface area contributed by atoms with E-state index in [2.05, 4.69) is 10.0 Å². The molecule has 0 radical (unpaired) electrons. The number of rotatable bonds is 5. The number of hydrogen-bond donors (Lipinski definition) is 3. The number of nitrogens with one attached hydrogen (secondary N) is 2. The number of hydrogen-bond acceptors (Lipinski definition) is 4. The molecule has 0 spiro atoms. The second-order valence-corrected chi connectivity index (χ2v) is 7.71. The molecule has 4 N–H and O–H groups in total. The summed E-state index contributed by atoms with van der Waals surface area (Å²) in [5.74, 6) is -0.250. The summed E-state index contributed by atoms with van der Waals surface area (Å²) in [5.41, 5.74) is 7.15. The van der Waals surface area contributed by atoms with Gasteiger partial charge in [0, 0.05) is 17.1 Å². The van der Waals surface area contributed by atoms with Crippen LogP contribution in [-0.4, -0.2) is 19.3 Å². The molecule has 0 aromatic heterocycles. The maximum atomic E-state index is 13.6. The van der Waals surface area contributed by atoms with Crippen molar-refractivity contribution in [1.82, 2.24) is 10.0 Å². The quantitative estimate of drug-likeness (QED) is 0.399. The minimum Gasteiger partial charge on any atom is -0.398 e. The predicted molar refractivity (Wildman–Crippen MR) is 99.9 cm³/mol. The zero-order valence-electron chi connectivity index (χ0n) is 14.8. The van der Waals surface area contributed by atoms with Crippen LogP contribution in [0.4, 0.5) is 23.2 Å². The highest BCUT2D eigenvalue weighted by atomic mass is 32.2. The van der Waals surface area contributed by atoms with E-state index in [1.807, 2.05) is 6.07 Å². The number of halogens is 4. The lowest BCUT2D eigenvalue weighted by molar-refractivity contribution is -0.127. The Hall–Kier alpha value is -1.77. The van der Waals surface area contributed by atoms with E-state index in [0.29, 0.717) is 12.1 Å². The Labute approximate surface area is 159 Å². The Morgan fingerprint density at radius 1 is 1.22 bits per heavy atom. The second-order valence-electron chi connectivity index (χ2n) is 6.83. The van der Waals surface area contributed by atoms with Crippen molar-refractivity contribution in [1.29, 1.82) is 0 Å². The third kappa shape index (κ3) is 4.75. The molecule has 0 aliphatic carbocycles. The zero-order chi connectivity index (χ0) is 19.7. The van der Waals surface area contributed by atoms with Gasteiger partial charge in [-0.15, -0.1) is 0 Å². The molecule has 27 heavy (non-hydrogen) atoms. The molecule has 1 saturated heterocycles. The van der Waals surface area contributed by atoms with Crippen molar-refractivity contribution in [2.45, 2.75) is 36.4 Å². The molecule has 0 amide bonds. The highest BCUT2D eigenvalue weighted by Crippen LogP contribution is 2.34. The molecule has 0 bridgehead atoms. The molecule has 1 aliphatic rings. The van der Waals surface area contributed by atoms with Crippen LogP contribution in [0.1, 0.15) is 23.1 Å². The maximum Gasteiger partial charge on any atom is 0.393 e. The van der Waals surface area contributed by atoms with E-state index >= 15 is 0 Å². The molecular weight excluding hydrogens is 378 g/mol. The molecule has 2 aromatic rings. The van der Waals surface area contributed by atoms with Crippen LogP contribution in [0.15, 0.2) is 41.3 Å². The Bertz CT molecular complexity index is 817. The number of nitrogens with two attached hydrogens (primary N) is 1. The van der Waals surface area contributed by atoms with E-state index in [4.69, 9.17) is 5.73 Å². The van der Waals surface area contributed by atoms with Gasteiger partial charge in [-0.2, -0.15) is 13.2 Å². The Kier molecular flexibility index (Phi) is 5.69. The van der Waals surface area contributed by atoms with E-state index in [-0.39, 0.29) is 22.6 Å². The SMILES string of the molecule is Cc1cc(C2(NSc3ccc(CC(F)(F)F)c(N)c3)CCNC2)ccc1F. The topological polar surface area (TPSA) is 50.1 Å². The van der Waals surface area contributed by atoms with Crippen molar-refractivity contribution in [2.24, 2.45) is 0 Å². The molecule has 8 heteroatoms. The van der Waals surface area contributed by atoms with Gasteiger partial charge < -0.3 is 11.1 Å². The van der Waals surface area contributed by atoms with Crippen LogP contribution in [-0.2, 0) is 12.0 Å². The first kappa shape index (κ1) is 20.0. The Morgan fingerprint density at radius 3 is 2.59 bits per heavy atom. The maximum absolute atomic E-state index is 13.6. The summed E-state index contributed by atoms with van der Waals surface area (Å²) in [4.78, 5) is 0.725. The Balaban J connectivity index is 1.77. The molecule has 0 saturated carbocycles. The fraction of sp³-hybridized carbons (Fsp3) is 0.368. The molecule has 1 atom stereocenters. The second kappa shape index (κ2) is 7.69. The number of anilines is 1.